The van der Waals surface area contributed by atoms with Gasteiger partial charge < -0.3 is 18.7 Å². The van der Waals surface area contributed by atoms with Crippen molar-refractivity contribution in [1.29, 1.82) is 0 Å². The second kappa shape index (κ2) is 19.1. The van der Waals surface area contributed by atoms with Crippen molar-refractivity contribution in [3.63, 3.8) is 0 Å². The van der Waals surface area contributed by atoms with Crippen LogP contribution in [0.15, 0.2) is 140 Å². The van der Waals surface area contributed by atoms with Crippen LogP contribution in [0.5, 0.6) is 11.5 Å². The summed E-state index contributed by atoms with van der Waals surface area (Å²) in [6, 6.07) is 50.6. The van der Waals surface area contributed by atoms with Gasteiger partial charge in [0.05, 0.1) is 40.1 Å². The summed E-state index contributed by atoms with van der Waals surface area (Å²) in [5.41, 5.74) is 3.04. The third-order valence-corrected chi connectivity index (χ3v) is 14.7. The molecule has 286 valence electrons. The van der Waals surface area contributed by atoms with Crippen LogP contribution in [0.25, 0.3) is 0 Å². The van der Waals surface area contributed by atoms with E-state index in [4.69, 9.17) is 14.2 Å². The Morgan fingerprint density at radius 1 is 0.537 bits per heavy atom. The lowest BCUT2D eigenvalue weighted by molar-refractivity contribution is -0.904. The first-order valence-corrected chi connectivity index (χ1v) is 21.7. The van der Waals surface area contributed by atoms with Crippen molar-refractivity contribution in [2.75, 3.05) is 53.2 Å². The van der Waals surface area contributed by atoms with E-state index in [9.17, 15) is 0 Å². The normalized spacial score (nSPS) is 12.4. The Balaban J connectivity index is 1.06. The van der Waals surface area contributed by atoms with Crippen molar-refractivity contribution in [3.05, 3.63) is 151 Å². The maximum atomic E-state index is 6.36. The Morgan fingerprint density at radius 2 is 1.09 bits per heavy atom. The molecule has 0 aliphatic carbocycles. The molecule has 5 aromatic carbocycles. The van der Waals surface area contributed by atoms with E-state index >= 15 is 0 Å². The molecule has 5 heteroatoms. The number of quaternary nitrogens is 1. The molecule has 0 fully saturated rings. The van der Waals surface area contributed by atoms with E-state index in [0.29, 0.717) is 26.4 Å². The van der Waals surface area contributed by atoms with Gasteiger partial charge in [-0.2, -0.15) is 0 Å². The molecule has 0 radical (unpaired) electrons. The molecule has 0 aliphatic heterocycles. The molecule has 0 saturated heterocycles. The van der Waals surface area contributed by atoms with E-state index in [2.05, 4.69) is 188 Å². The summed E-state index contributed by atoms with van der Waals surface area (Å²) in [4.78, 5) is 0. The molecule has 0 saturated carbocycles. The topological polar surface area (TPSA) is 27.7 Å². The number of nitrogens with zero attached hydrogens (tertiary/aromatic N) is 1. The molecule has 0 aromatic heterocycles. The monoisotopic (exact) mass is 745 g/mol. The highest BCUT2D eigenvalue weighted by Crippen LogP contribution is 2.56. The Labute approximate surface area is 327 Å². The molecular weight excluding hydrogens is 682 g/mol. The standard InChI is InChI=1S/C49H64NO3P/c1-48(2,3)40-49(4,5)42-28-30-43(31-29-42)53-36-35-51-34-32-50(6,7)39-41-20-19-21-44(38-41)52-33-17-18-37-54(45-22-11-8-12-23-45,46-24-13-9-14-25-46)47-26-15-10-16-27-47/h8-16,19-31,38H,17-18,32-37,39-40H2,1-7H3/q+2. The molecule has 54 heavy (non-hydrogen) atoms. The fraction of sp³-hybridized carbons (Fsp3) is 0.388. The largest absolute Gasteiger partial charge is 0.494 e. The van der Waals surface area contributed by atoms with Crippen LogP contribution in [-0.4, -0.2) is 57.7 Å². The predicted molar refractivity (Wildman–Crippen MR) is 232 cm³/mol. The average molecular weight is 746 g/mol. The SMILES string of the molecule is CC(C)(C)CC(C)(C)c1ccc(OCCOCC[N+](C)(C)Cc2cccc(OCCCC[P+](c3ccccc3)(c3ccccc3)c3ccccc3)c2)cc1. The van der Waals surface area contributed by atoms with E-state index < -0.39 is 7.26 Å². The van der Waals surface area contributed by atoms with Crippen LogP contribution < -0.4 is 25.4 Å². The molecule has 0 spiro atoms. The first kappa shape index (κ1) is 41.2. The summed E-state index contributed by atoms with van der Waals surface area (Å²) in [5.74, 6) is 1.84. The minimum Gasteiger partial charge on any atom is -0.494 e. The number of likely N-dealkylation sites (N-methyl/N-ethyl adjacent to an activating group) is 1. The quantitative estimate of drug-likeness (QED) is 0.0451. The molecule has 0 N–H and O–H groups in total. The van der Waals surface area contributed by atoms with Crippen molar-refractivity contribution < 1.29 is 18.7 Å². The number of rotatable bonds is 20. The molecular formula is C49H64NO3P+2. The minimum atomic E-state index is -1.81. The summed E-state index contributed by atoms with van der Waals surface area (Å²) in [5, 5.41) is 4.31. The van der Waals surface area contributed by atoms with Gasteiger partial charge in [0.1, 0.15) is 54.4 Å². The van der Waals surface area contributed by atoms with Gasteiger partial charge in [-0.15, -0.1) is 0 Å². The third kappa shape index (κ3) is 12.0. The summed E-state index contributed by atoms with van der Waals surface area (Å²) >= 11 is 0. The second-order valence-corrected chi connectivity index (χ2v) is 20.8. The van der Waals surface area contributed by atoms with E-state index in [-0.39, 0.29) is 10.8 Å². The van der Waals surface area contributed by atoms with Crippen LogP contribution in [0.2, 0.25) is 0 Å². The lowest BCUT2D eigenvalue weighted by atomic mass is 9.72. The van der Waals surface area contributed by atoms with Gasteiger partial charge in [0.15, 0.2) is 0 Å². The van der Waals surface area contributed by atoms with E-state index in [1.54, 1.807) is 0 Å². The average Bonchev–Trinajstić information content (AvgIpc) is 3.15. The number of hydrogen-bond donors (Lipinski definition) is 0. The van der Waals surface area contributed by atoms with Crippen molar-refractivity contribution in [2.24, 2.45) is 5.41 Å². The highest BCUT2D eigenvalue weighted by molar-refractivity contribution is 7.95. The molecule has 0 atom stereocenters. The van der Waals surface area contributed by atoms with Crippen molar-refractivity contribution in [1.82, 2.24) is 0 Å². The lowest BCUT2D eigenvalue weighted by Crippen LogP contribution is -2.41. The van der Waals surface area contributed by atoms with Gasteiger partial charge in [-0.25, -0.2) is 0 Å². The predicted octanol–water partition coefficient (Wildman–Crippen LogP) is 10.2. The molecule has 0 heterocycles. The molecule has 5 rings (SSSR count). The smallest absolute Gasteiger partial charge is 0.119 e. The van der Waals surface area contributed by atoms with Crippen molar-refractivity contribution in [3.8, 4) is 11.5 Å². The summed E-state index contributed by atoms with van der Waals surface area (Å²) in [6.07, 6.45) is 4.33. The van der Waals surface area contributed by atoms with Gasteiger partial charge in [-0.05, 0) is 96.3 Å². The van der Waals surface area contributed by atoms with Crippen molar-refractivity contribution >= 4 is 23.2 Å². The van der Waals surface area contributed by atoms with E-state index in [0.717, 1.165) is 54.5 Å². The molecule has 0 amide bonds. The summed E-state index contributed by atoms with van der Waals surface area (Å²) < 4.78 is 19.2. The fourth-order valence-electron chi connectivity index (χ4n) is 7.89. The highest BCUT2D eigenvalue weighted by atomic mass is 31.2. The van der Waals surface area contributed by atoms with Crippen LogP contribution in [-0.2, 0) is 16.7 Å². The zero-order chi connectivity index (χ0) is 38.5. The Kier molecular flexibility index (Phi) is 14.6. The molecule has 0 aliphatic rings. The molecule has 5 aromatic rings. The van der Waals surface area contributed by atoms with E-state index in [1.165, 1.54) is 27.0 Å². The van der Waals surface area contributed by atoms with Gasteiger partial charge in [0.2, 0.25) is 0 Å². The lowest BCUT2D eigenvalue weighted by Gasteiger charge is -2.33. The van der Waals surface area contributed by atoms with Gasteiger partial charge in [0.25, 0.3) is 0 Å². The van der Waals surface area contributed by atoms with Crippen LogP contribution >= 0.6 is 7.26 Å². The molecule has 0 unspecified atom stereocenters. The first-order chi connectivity index (χ1) is 25.9. The van der Waals surface area contributed by atoms with Crippen LogP contribution in [0.3, 0.4) is 0 Å². The number of hydrogen-bond acceptors (Lipinski definition) is 3. The summed E-state index contributed by atoms with van der Waals surface area (Å²) in [6.45, 7) is 15.9. The zero-order valence-corrected chi connectivity index (χ0v) is 34.9. The van der Waals surface area contributed by atoms with Gasteiger partial charge in [-0.1, -0.05) is 113 Å². The summed E-state index contributed by atoms with van der Waals surface area (Å²) in [7, 11) is 2.71. The van der Waals surface area contributed by atoms with Gasteiger partial charge in [-0.3, -0.25) is 0 Å². The second-order valence-electron chi connectivity index (χ2n) is 17.2. The van der Waals surface area contributed by atoms with Gasteiger partial charge >= 0.3 is 0 Å². The molecule has 0 bridgehead atoms. The first-order valence-electron chi connectivity index (χ1n) is 19.8. The maximum Gasteiger partial charge on any atom is 0.119 e. The molecule has 4 nitrogen and oxygen atoms in total. The number of ether oxygens (including phenoxy) is 3. The Morgan fingerprint density at radius 3 is 1.65 bits per heavy atom. The van der Waals surface area contributed by atoms with Crippen LogP contribution in [0, 0.1) is 5.41 Å². The fourth-order valence-corrected chi connectivity index (χ4v) is 12.3. The van der Waals surface area contributed by atoms with Gasteiger partial charge in [0, 0.05) is 5.56 Å². The Hall–Kier alpha value is -3.95. The third-order valence-electron chi connectivity index (χ3n) is 10.2. The van der Waals surface area contributed by atoms with E-state index in [1.807, 2.05) is 0 Å². The number of benzene rings is 5. The zero-order valence-electron chi connectivity index (χ0n) is 34.0. The minimum absolute atomic E-state index is 0.129. The number of unbranched alkanes of at least 4 members (excludes halogenated alkanes) is 1. The highest BCUT2D eigenvalue weighted by Gasteiger charge is 2.44. The van der Waals surface area contributed by atoms with Crippen LogP contribution in [0.1, 0.15) is 65.0 Å². The van der Waals surface area contributed by atoms with Crippen molar-refractivity contribution in [2.45, 2.75) is 65.8 Å². The van der Waals surface area contributed by atoms with Crippen LogP contribution in [0.4, 0.5) is 0 Å². The maximum absolute atomic E-state index is 6.36. The Bertz CT molecular complexity index is 1720.